The molecule has 160 valence electrons. The maximum absolute atomic E-state index is 13.4. The van der Waals surface area contributed by atoms with Crippen LogP contribution in [0, 0.1) is 30.3 Å². The van der Waals surface area contributed by atoms with Crippen molar-refractivity contribution in [2.75, 3.05) is 23.3 Å². The van der Waals surface area contributed by atoms with E-state index in [-0.39, 0.29) is 11.6 Å². The molecule has 0 bridgehead atoms. The number of hydrogen-bond donors (Lipinski definition) is 1. The number of carbonyl (C=O) groups excluding carboxylic acids is 1. The lowest BCUT2D eigenvalue weighted by molar-refractivity contribution is -0.120. The quantitative estimate of drug-likeness (QED) is 0.613. The van der Waals surface area contributed by atoms with E-state index in [0.717, 1.165) is 41.9 Å². The molecule has 1 saturated heterocycles. The number of anilines is 2. The Hall–Kier alpha value is -3.42. The van der Waals surface area contributed by atoms with Gasteiger partial charge in [-0.1, -0.05) is 23.8 Å². The number of hydrogen-bond acceptors (Lipinski definition) is 4. The first-order valence-corrected chi connectivity index (χ1v) is 10.0. The van der Waals surface area contributed by atoms with E-state index < -0.39 is 23.4 Å². The third-order valence-corrected chi connectivity index (χ3v) is 5.33. The molecule has 4 rings (SSSR count). The molecule has 1 atom stereocenters. The fourth-order valence-corrected chi connectivity index (χ4v) is 3.72. The lowest BCUT2D eigenvalue weighted by Gasteiger charge is -2.32. The zero-order chi connectivity index (χ0) is 22.0. The fourth-order valence-electron chi connectivity index (χ4n) is 3.72. The molecule has 1 aliphatic rings. The molecule has 0 radical (unpaired) electrons. The zero-order valence-electron chi connectivity index (χ0n) is 16.9. The second-order valence-corrected chi connectivity index (χ2v) is 7.67. The van der Waals surface area contributed by atoms with Crippen molar-refractivity contribution < 1.29 is 18.0 Å². The summed E-state index contributed by atoms with van der Waals surface area (Å²) in [6, 6.07) is 13.3. The van der Waals surface area contributed by atoms with Crippen LogP contribution in [0.3, 0.4) is 0 Å². The van der Waals surface area contributed by atoms with Crippen molar-refractivity contribution in [3.63, 3.8) is 0 Å². The SMILES string of the molecule is Cc1cccc(-c2ccc(N3CCC[C@H](C(=O)Nc4cc(F)c(F)c(F)c4)C3)nn2)c1. The van der Waals surface area contributed by atoms with Crippen LogP contribution in [-0.2, 0) is 4.79 Å². The van der Waals surface area contributed by atoms with Crippen molar-refractivity contribution in [3.05, 3.63) is 71.5 Å². The summed E-state index contributed by atoms with van der Waals surface area (Å²) in [6.07, 6.45) is 1.38. The number of halogens is 3. The third-order valence-electron chi connectivity index (χ3n) is 5.33. The Morgan fingerprint density at radius 2 is 1.84 bits per heavy atom. The molecule has 1 aliphatic heterocycles. The first kappa shape index (κ1) is 20.8. The highest BCUT2D eigenvalue weighted by molar-refractivity contribution is 5.93. The highest BCUT2D eigenvalue weighted by atomic mass is 19.2. The van der Waals surface area contributed by atoms with Gasteiger partial charge in [0.05, 0.1) is 11.6 Å². The summed E-state index contributed by atoms with van der Waals surface area (Å²) in [5, 5.41) is 11.1. The van der Waals surface area contributed by atoms with Gasteiger partial charge in [0.15, 0.2) is 23.3 Å². The molecule has 2 aromatic carbocycles. The summed E-state index contributed by atoms with van der Waals surface area (Å²) in [7, 11) is 0. The molecule has 8 heteroatoms. The van der Waals surface area contributed by atoms with Gasteiger partial charge >= 0.3 is 0 Å². The number of aromatic nitrogens is 2. The molecule has 0 saturated carbocycles. The monoisotopic (exact) mass is 426 g/mol. The van der Waals surface area contributed by atoms with Crippen LogP contribution in [0.15, 0.2) is 48.5 Å². The molecule has 1 fully saturated rings. The molecule has 1 aromatic heterocycles. The fraction of sp³-hybridized carbons (Fsp3) is 0.261. The molecule has 3 aromatic rings. The van der Waals surface area contributed by atoms with Crippen LogP contribution in [0.25, 0.3) is 11.3 Å². The largest absolute Gasteiger partial charge is 0.354 e. The number of amides is 1. The molecule has 0 aliphatic carbocycles. The number of aryl methyl sites for hydroxylation is 1. The second kappa shape index (κ2) is 8.75. The number of benzene rings is 2. The number of piperidine rings is 1. The van der Waals surface area contributed by atoms with Gasteiger partial charge in [-0.3, -0.25) is 4.79 Å². The molecule has 2 heterocycles. The smallest absolute Gasteiger partial charge is 0.229 e. The molecule has 0 unspecified atom stereocenters. The number of nitrogens with one attached hydrogen (secondary N) is 1. The maximum atomic E-state index is 13.4. The molecular weight excluding hydrogens is 405 g/mol. The van der Waals surface area contributed by atoms with E-state index in [1.807, 2.05) is 48.2 Å². The second-order valence-electron chi connectivity index (χ2n) is 7.67. The Bertz CT molecular complexity index is 1080. The van der Waals surface area contributed by atoms with Gasteiger partial charge < -0.3 is 10.2 Å². The van der Waals surface area contributed by atoms with Crippen molar-refractivity contribution in [2.45, 2.75) is 19.8 Å². The van der Waals surface area contributed by atoms with Gasteiger partial charge in [-0.25, -0.2) is 13.2 Å². The van der Waals surface area contributed by atoms with Crippen molar-refractivity contribution in [2.24, 2.45) is 5.92 Å². The third kappa shape index (κ3) is 4.68. The zero-order valence-corrected chi connectivity index (χ0v) is 16.9. The summed E-state index contributed by atoms with van der Waals surface area (Å²) in [6.45, 7) is 3.14. The van der Waals surface area contributed by atoms with Crippen LogP contribution >= 0.6 is 0 Å². The Morgan fingerprint density at radius 3 is 2.52 bits per heavy atom. The topological polar surface area (TPSA) is 58.1 Å². The van der Waals surface area contributed by atoms with Gasteiger partial charge in [0, 0.05) is 36.5 Å². The first-order chi connectivity index (χ1) is 14.9. The van der Waals surface area contributed by atoms with Crippen LogP contribution in [0.2, 0.25) is 0 Å². The summed E-state index contributed by atoms with van der Waals surface area (Å²) in [5.41, 5.74) is 2.77. The molecule has 1 N–H and O–H groups in total. The van der Waals surface area contributed by atoms with Crippen molar-refractivity contribution >= 4 is 17.4 Å². The Morgan fingerprint density at radius 1 is 1.06 bits per heavy atom. The van der Waals surface area contributed by atoms with E-state index in [1.54, 1.807) is 0 Å². The molecule has 31 heavy (non-hydrogen) atoms. The molecular formula is C23H21F3N4O. The molecule has 5 nitrogen and oxygen atoms in total. The number of carbonyl (C=O) groups is 1. The summed E-state index contributed by atoms with van der Waals surface area (Å²) >= 11 is 0. The maximum Gasteiger partial charge on any atom is 0.229 e. The van der Waals surface area contributed by atoms with Crippen LogP contribution in [0.5, 0.6) is 0 Å². The van der Waals surface area contributed by atoms with Crippen molar-refractivity contribution in [1.29, 1.82) is 0 Å². The summed E-state index contributed by atoms with van der Waals surface area (Å²) in [4.78, 5) is 14.6. The Balaban J connectivity index is 1.44. The van der Waals surface area contributed by atoms with Crippen molar-refractivity contribution in [1.82, 2.24) is 10.2 Å². The minimum absolute atomic E-state index is 0.110. The van der Waals surface area contributed by atoms with Crippen LogP contribution < -0.4 is 10.2 Å². The van der Waals surface area contributed by atoms with Crippen LogP contribution in [0.1, 0.15) is 18.4 Å². The van der Waals surface area contributed by atoms with Gasteiger partial charge in [0.25, 0.3) is 0 Å². The van der Waals surface area contributed by atoms with Gasteiger partial charge in [0.1, 0.15) is 0 Å². The highest BCUT2D eigenvalue weighted by Crippen LogP contribution is 2.25. The van der Waals surface area contributed by atoms with Gasteiger partial charge in [-0.2, -0.15) is 0 Å². The molecule has 1 amide bonds. The van der Waals surface area contributed by atoms with Crippen LogP contribution in [-0.4, -0.2) is 29.2 Å². The Labute approximate surface area is 177 Å². The minimum atomic E-state index is -1.56. The first-order valence-electron chi connectivity index (χ1n) is 10.0. The standard InChI is InChI=1S/C23H21F3N4O/c1-14-4-2-5-15(10-14)20-7-8-21(29-28-20)30-9-3-6-16(13-30)23(31)27-17-11-18(24)22(26)19(25)12-17/h2,4-5,7-8,10-12,16H,3,6,9,13H2,1H3,(H,27,31)/t16-/m0/s1. The van der Waals surface area contributed by atoms with Gasteiger partial charge in [-0.15, -0.1) is 10.2 Å². The number of rotatable bonds is 4. The van der Waals surface area contributed by atoms with Gasteiger partial charge in [0.2, 0.25) is 5.91 Å². The van der Waals surface area contributed by atoms with E-state index in [2.05, 4.69) is 15.5 Å². The van der Waals surface area contributed by atoms with Crippen LogP contribution in [0.4, 0.5) is 24.7 Å². The van der Waals surface area contributed by atoms with E-state index in [4.69, 9.17) is 0 Å². The lowest BCUT2D eigenvalue weighted by Crippen LogP contribution is -2.41. The van der Waals surface area contributed by atoms with E-state index in [1.165, 1.54) is 0 Å². The average molecular weight is 426 g/mol. The van der Waals surface area contributed by atoms with Gasteiger partial charge in [-0.05, 0) is 38.0 Å². The normalized spacial score (nSPS) is 16.3. The van der Waals surface area contributed by atoms with Crippen molar-refractivity contribution in [3.8, 4) is 11.3 Å². The predicted octanol–water partition coefficient (Wildman–Crippen LogP) is 4.72. The minimum Gasteiger partial charge on any atom is -0.354 e. The Kier molecular flexibility index (Phi) is 5.88. The molecule has 0 spiro atoms. The lowest BCUT2D eigenvalue weighted by atomic mass is 9.97. The van der Waals surface area contributed by atoms with E-state index in [0.29, 0.717) is 18.8 Å². The number of nitrogens with zero attached hydrogens (tertiary/aromatic N) is 3. The van der Waals surface area contributed by atoms with E-state index in [9.17, 15) is 18.0 Å². The van der Waals surface area contributed by atoms with E-state index >= 15 is 0 Å². The summed E-state index contributed by atoms with van der Waals surface area (Å²) in [5.74, 6) is -4.36. The summed E-state index contributed by atoms with van der Waals surface area (Å²) < 4.78 is 39.9. The highest BCUT2D eigenvalue weighted by Gasteiger charge is 2.27. The average Bonchev–Trinajstić information content (AvgIpc) is 2.77. The predicted molar refractivity (Wildman–Crippen MR) is 112 cm³/mol.